The maximum Gasteiger partial charge on any atom is 0.433 e. The number of nitrogens with one attached hydrogen (secondary N) is 1. The minimum Gasteiger partial charge on any atom is -0.309 e. The third-order valence-corrected chi connectivity index (χ3v) is 4.98. The number of nitrogens with zero attached hydrogens (tertiary/aromatic N) is 2. The van der Waals surface area contributed by atoms with E-state index in [2.05, 4.69) is 15.3 Å². The molecule has 1 amide bonds. The van der Waals surface area contributed by atoms with Crippen molar-refractivity contribution in [2.45, 2.75) is 24.4 Å². The predicted molar refractivity (Wildman–Crippen MR) is 85.3 cm³/mol. The van der Waals surface area contributed by atoms with E-state index >= 15 is 0 Å². The van der Waals surface area contributed by atoms with E-state index in [1.807, 2.05) is 0 Å². The van der Waals surface area contributed by atoms with E-state index < -0.39 is 29.0 Å². The first kappa shape index (κ1) is 16.7. The van der Waals surface area contributed by atoms with Crippen molar-refractivity contribution in [2.75, 3.05) is 7.05 Å². The van der Waals surface area contributed by atoms with Crippen molar-refractivity contribution in [1.29, 1.82) is 0 Å². The lowest BCUT2D eigenvalue weighted by atomic mass is 9.73. The zero-order valence-corrected chi connectivity index (χ0v) is 13.6. The largest absolute Gasteiger partial charge is 0.433 e. The van der Waals surface area contributed by atoms with Crippen molar-refractivity contribution >= 4 is 11.7 Å². The van der Waals surface area contributed by atoms with Gasteiger partial charge in [-0.1, -0.05) is 12.1 Å². The Bertz CT molecular complexity index is 967. The number of carbonyl (C=O) groups is 1. The molecule has 4 nitrogen and oxygen atoms in total. The number of carbonyl (C=O) groups excluding carboxylic acids is 1. The molecule has 0 saturated heterocycles. The van der Waals surface area contributed by atoms with Crippen molar-refractivity contribution in [1.82, 2.24) is 10.3 Å². The number of hydrogen-bond acceptors (Lipinski definition) is 3. The third kappa shape index (κ3) is 2.11. The first-order valence-corrected chi connectivity index (χ1v) is 7.94. The van der Waals surface area contributed by atoms with Gasteiger partial charge in [0, 0.05) is 18.2 Å². The van der Waals surface area contributed by atoms with Gasteiger partial charge in [0.25, 0.3) is 0 Å². The Labute approximate surface area is 146 Å². The van der Waals surface area contributed by atoms with Gasteiger partial charge in [-0.2, -0.15) is 13.2 Å². The maximum atomic E-state index is 14.6. The summed E-state index contributed by atoms with van der Waals surface area (Å²) in [6.45, 7) is 0. The number of amidine groups is 1. The number of aliphatic imine (C=N–C) groups is 1. The molecule has 0 bridgehead atoms. The summed E-state index contributed by atoms with van der Waals surface area (Å²) in [4.78, 5) is 20.7. The first-order valence-electron chi connectivity index (χ1n) is 7.94. The molecule has 0 saturated carbocycles. The van der Waals surface area contributed by atoms with Crippen LogP contribution in [-0.2, 0) is 22.8 Å². The van der Waals surface area contributed by atoms with Crippen LogP contribution in [0.4, 0.5) is 17.6 Å². The second kappa shape index (κ2) is 5.36. The summed E-state index contributed by atoms with van der Waals surface area (Å²) in [7, 11) is 1.41. The monoisotopic (exact) mass is 363 g/mol. The number of hydrogen-bond donors (Lipinski definition) is 1. The molecule has 0 unspecified atom stereocenters. The van der Waals surface area contributed by atoms with Gasteiger partial charge < -0.3 is 5.32 Å². The average molecular weight is 363 g/mol. The molecule has 1 aliphatic heterocycles. The van der Waals surface area contributed by atoms with Gasteiger partial charge in [0.1, 0.15) is 22.8 Å². The number of halogens is 4. The van der Waals surface area contributed by atoms with Crippen LogP contribution in [0.15, 0.2) is 35.3 Å². The van der Waals surface area contributed by atoms with Crippen molar-refractivity contribution in [3.63, 3.8) is 0 Å². The van der Waals surface area contributed by atoms with Gasteiger partial charge in [-0.3, -0.25) is 9.79 Å². The summed E-state index contributed by atoms with van der Waals surface area (Å²) >= 11 is 0. The lowest BCUT2D eigenvalue weighted by Gasteiger charge is -2.35. The van der Waals surface area contributed by atoms with Crippen LogP contribution in [0.25, 0.3) is 0 Å². The number of benzene rings is 1. The second-order valence-corrected chi connectivity index (χ2v) is 6.30. The van der Waals surface area contributed by atoms with Crippen molar-refractivity contribution < 1.29 is 22.4 Å². The van der Waals surface area contributed by atoms with Crippen LogP contribution in [0.3, 0.4) is 0 Å². The molecule has 1 aliphatic carbocycles. The van der Waals surface area contributed by atoms with Crippen molar-refractivity contribution in [3.05, 3.63) is 64.2 Å². The number of fused-ring (bicyclic) bond motifs is 4. The number of rotatable bonds is 0. The van der Waals surface area contributed by atoms with E-state index in [9.17, 15) is 22.4 Å². The van der Waals surface area contributed by atoms with Crippen LogP contribution < -0.4 is 5.32 Å². The average Bonchev–Trinajstić information content (AvgIpc) is 2.99. The molecule has 2 aromatic rings. The van der Waals surface area contributed by atoms with E-state index in [1.165, 1.54) is 25.2 Å². The van der Waals surface area contributed by atoms with E-state index in [1.54, 1.807) is 6.07 Å². The number of pyridine rings is 1. The standard InChI is InChI=1S/C18H13F4N3O/c1-23-15-10-5-6-12(18(20,21)22)24-14(10)17(16(26)25-15)8-7-9-3-2-4-11(19)13(9)17/h2-6H,7-8H2,1H3,(H,23,25,26)/t17-/m1/s1. The Balaban J connectivity index is 2.07. The van der Waals surface area contributed by atoms with E-state index in [0.29, 0.717) is 12.0 Å². The minimum atomic E-state index is -4.68. The predicted octanol–water partition coefficient (Wildman–Crippen LogP) is 2.98. The topological polar surface area (TPSA) is 54.4 Å². The SMILES string of the molecule is CN=C1NC(=O)[C@@]2(CCc3cccc(F)c32)c2nc(C(F)(F)F)ccc21. The Morgan fingerprint density at radius 1 is 1.23 bits per heavy atom. The molecule has 1 aromatic carbocycles. The summed E-state index contributed by atoms with van der Waals surface area (Å²) in [6.07, 6.45) is -4.16. The molecule has 1 spiro atoms. The van der Waals surface area contributed by atoms with Gasteiger partial charge >= 0.3 is 6.18 Å². The highest BCUT2D eigenvalue weighted by molar-refractivity contribution is 6.16. The molecule has 26 heavy (non-hydrogen) atoms. The second-order valence-electron chi connectivity index (χ2n) is 6.30. The molecule has 8 heteroatoms. The highest BCUT2D eigenvalue weighted by Gasteiger charge is 2.54. The van der Waals surface area contributed by atoms with Crippen LogP contribution in [0.1, 0.15) is 34.5 Å². The molecule has 1 atom stereocenters. The lowest BCUT2D eigenvalue weighted by Crippen LogP contribution is -2.53. The zero-order chi connectivity index (χ0) is 18.7. The Morgan fingerprint density at radius 3 is 2.69 bits per heavy atom. The van der Waals surface area contributed by atoms with Gasteiger partial charge in [0.15, 0.2) is 0 Å². The Morgan fingerprint density at radius 2 is 2.00 bits per heavy atom. The fourth-order valence-corrected chi connectivity index (χ4v) is 3.86. The summed E-state index contributed by atoms with van der Waals surface area (Å²) in [5.74, 6) is -1.11. The molecular weight excluding hydrogens is 350 g/mol. The molecule has 134 valence electrons. The fraction of sp³-hybridized carbons (Fsp3) is 0.278. The third-order valence-electron chi connectivity index (χ3n) is 4.98. The van der Waals surface area contributed by atoms with Crippen LogP contribution in [0.5, 0.6) is 0 Å². The van der Waals surface area contributed by atoms with E-state index in [4.69, 9.17) is 0 Å². The van der Waals surface area contributed by atoms with E-state index in [0.717, 1.165) is 6.07 Å². The normalized spacial score (nSPS) is 23.1. The summed E-state index contributed by atoms with van der Waals surface area (Å²) in [5.41, 5.74) is -1.84. The molecular formula is C18H13F4N3O. The lowest BCUT2D eigenvalue weighted by molar-refractivity contribution is -0.141. The van der Waals surface area contributed by atoms with Crippen LogP contribution in [0.2, 0.25) is 0 Å². The van der Waals surface area contributed by atoms with Gasteiger partial charge in [0.05, 0.1) is 5.69 Å². The number of alkyl halides is 3. The number of amides is 1. The number of aryl methyl sites for hydroxylation is 1. The van der Waals surface area contributed by atoms with Crippen molar-refractivity contribution in [3.8, 4) is 0 Å². The molecule has 2 aliphatic rings. The highest BCUT2D eigenvalue weighted by atomic mass is 19.4. The highest BCUT2D eigenvalue weighted by Crippen LogP contribution is 2.48. The summed E-state index contributed by atoms with van der Waals surface area (Å²) in [6, 6.07) is 6.47. The molecule has 0 radical (unpaired) electrons. The zero-order valence-electron chi connectivity index (χ0n) is 13.6. The molecule has 2 heterocycles. The Kier molecular flexibility index (Phi) is 3.44. The van der Waals surface area contributed by atoms with Crippen LogP contribution in [0, 0.1) is 5.82 Å². The summed E-state index contributed by atoms with van der Waals surface area (Å²) in [5, 5.41) is 2.60. The van der Waals surface area contributed by atoms with Gasteiger partial charge in [-0.05, 0) is 36.6 Å². The van der Waals surface area contributed by atoms with Gasteiger partial charge in [0.2, 0.25) is 5.91 Å². The van der Waals surface area contributed by atoms with Gasteiger partial charge in [-0.15, -0.1) is 0 Å². The number of aromatic nitrogens is 1. The summed E-state index contributed by atoms with van der Waals surface area (Å²) < 4.78 is 54.3. The first-order chi connectivity index (χ1) is 12.3. The van der Waals surface area contributed by atoms with Crippen LogP contribution >= 0.6 is 0 Å². The van der Waals surface area contributed by atoms with Crippen LogP contribution in [-0.4, -0.2) is 23.8 Å². The molecule has 0 fully saturated rings. The van der Waals surface area contributed by atoms with Crippen molar-refractivity contribution in [2.24, 2.45) is 4.99 Å². The molecule has 1 N–H and O–H groups in total. The smallest absolute Gasteiger partial charge is 0.309 e. The maximum absolute atomic E-state index is 14.6. The quantitative estimate of drug-likeness (QED) is 0.732. The molecule has 4 rings (SSSR count). The Hall–Kier alpha value is -2.77. The van der Waals surface area contributed by atoms with E-state index in [-0.39, 0.29) is 29.1 Å². The fourth-order valence-electron chi connectivity index (χ4n) is 3.86. The van der Waals surface area contributed by atoms with Gasteiger partial charge in [-0.25, -0.2) is 9.37 Å². The molecule has 1 aromatic heterocycles. The minimum absolute atomic E-state index is 0.0967.